The number of halogens is 1. The molecule has 2 heterocycles. The average molecular weight is 350 g/mol. The molecule has 0 radical (unpaired) electrons. The van der Waals surface area contributed by atoms with Gasteiger partial charge in [0.1, 0.15) is 11.9 Å². The van der Waals surface area contributed by atoms with Crippen LogP contribution in [0.25, 0.3) is 0 Å². The summed E-state index contributed by atoms with van der Waals surface area (Å²) in [5.74, 6) is 1.22. The first kappa shape index (κ1) is 16.7. The van der Waals surface area contributed by atoms with Crippen LogP contribution in [0, 0.1) is 6.92 Å². The van der Waals surface area contributed by atoms with Gasteiger partial charge < -0.3 is 15.0 Å². The first-order valence-corrected chi connectivity index (χ1v) is 8.29. The van der Waals surface area contributed by atoms with Crippen LogP contribution in [0.1, 0.15) is 35.0 Å². The molecule has 0 saturated carbocycles. The maximum absolute atomic E-state index is 13.0. The van der Waals surface area contributed by atoms with Gasteiger partial charge in [0.15, 0.2) is 5.82 Å². The minimum atomic E-state index is -0.325. The van der Waals surface area contributed by atoms with Crippen molar-refractivity contribution in [3.05, 3.63) is 40.4 Å². The molecule has 2 N–H and O–H groups in total. The minimum Gasteiger partial charge on any atom is -0.385 e. The van der Waals surface area contributed by atoms with Crippen LogP contribution in [0.5, 0.6) is 0 Å². The highest BCUT2D eigenvalue weighted by atomic mass is 35.5. The number of carbonyl (C=O) groups is 1. The molecule has 1 aromatic carbocycles. The molecule has 0 bridgehead atoms. The van der Waals surface area contributed by atoms with E-state index in [0.717, 1.165) is 18.1 Å². The largest absolute Gasteiger partial charge is 0.385 e. The van der Waals surface area contributed by atoms with Crippen molar-refractivity contribution in [1.82, 2.24) is 20.1 Å². The summed E-state index contributed by atoms with van der Waals surface area (Å²) in [6.07, 6.45) is -0.325. The number of benzene rings is 1. The number of carbonyl (C=O) groups excluding carboxylic acids is 1. The normalized spacial score (nSPS) is 17.8. The number of anilines is 1. The molecule has 0 spiro atoms. The molecule has 24 heavy (non-hydrogen) atoms. The number of nitrogens with zero attached hydrogens (tertiary/aromatic N) is 3. The standard InChI is InChI=1S/C16H20ClN5O2/c1-3-18-13-5-4-11(17)8-12(13)16(23)22-6-7-24-14(9-22)15-19-10(2)20-21-15/h4-5,8,14,18H,3,6-7,9H2,1-2H3,(H,19,20,21)/t14-/m1/s1. The van der Waals surface area contributed by atoms with Crippen molar-refractivity contribution in [2.75, 3.05) is 31.6 Å². The summed E-state index contributed by atoms with van der Waals surface area (Å²) in [6, 6.07) is 5.30. The SMILES string of the molecule is CCNc1ccc(Cl)cc1C(=O)N1CCO[C@@H](c2n[nH]c(C)n2)C1. The number of H-pyrrole nitrogens is 1. The lowest BCUT2D eigenvalue weighted by molar-refractivity contribution is -0.0266. The van der Waals surface area contributed by atoms with Gasteiger partial charge in [0, 0.05) is 23.8 Å². The summed E-state index contributed by atoms with van der Waals surface area (Å²) in [7, 11) is 0. The predicted octanol–water partition coefficient (Wildman–Crippen LogP) is 2.41. The summed E-state index contributed by atoms with van der Waals surface area (Å²) < 4.78 is 5.71. The van der Waals surface area contributed by atoms with E-state index in [2.05, 4.69) is 20.5 Å². The Balaban J connectivity index is 1.80. The van der Waals surface area contributed by atoms with E-state index in [-0.39, 0.29) is 12.0 Å². The molecule has 1 amide bonds. The van der Waals surface area contributed by atoms with Crippen LogP contribution < -0.4 is 5.32 Å². The highest BCUT2D eigenvalue weighted by Crippen LogP contribution is 2.25. The van der Waals surface area contributed by atoms with Crippen molar-refractivity contribution in [3.8, 4) is 0 Å². The summed E-state index contributed by atoms with van der Waals surface area (Å²) in [5.41, 5.74) is 1.35. The van der Waals surface area contributed by atoms with Crippen molar-refractivity contribution in [3.63, 3.8) is 0 Å². The predicted molar refractivity (Wildman–Crippen MR) is 91.3 cm³/mol. The summed E-state index contributed by atoms with van der Waals surface area (Å²) >= 11 is 6.08. The third-order valence-corrected chi connectivity index (χ3v) is 4.07. The number of hydrogen-bond acceptors (Lipinski definition) is 5. The van der Waals surface area contributed by atoms with Gasteiger partial charge >= 0.3 is 0 Å². The Morgan fingerprint density at radius 3 is 3.08 bits per heavy atom. The van der Waals surface area contributed by atoms with E-state index < -0.39 is 0 Å². The van der Waals surface area contributed by atoms with Crippen LogP contribution in [0.4, 0.5) is 5.69 Å². The zero-order chi connectivity index (χ0) is 17.1. The summed E-state index contributed by atoms with van der Waals surface area (Å²) in [5, 5.41) is 10.7. The van der Waals surface area contributed by atoms with Crippen molar-refractivity contribution in [2.24, 2.45) is 0 Å². The topological polar surface area (TPSA) is 83.1 Å². The van der Waals surface area contributed by atoms with E-state index in [1.165, 1.54) is 0 Å². The number of aromatic amines is 1. The van der Waals surface area contributed by atoms with E-state index in [9.17, 15) is 4.79 Å². The third kappa shape index (κ3) is 3.52. The lowest BCUT2D eigenvalue weighted by atomic mass is 10.1. The molecular weight excluding hydrogens is 330 g/mol. The Hall–Kier alpha value is -2.12. The second-order valence-electron chi connectivity index (χ2n) is 5.61. The Labute approximate surface area is 145 Å². The molecule has 8 heteroatoms. The molecule has 1 aliphatic heterocycles. The number of ether oxygens (including phenoxy) is 1. The average Bonchev–Trinajstić information content (AvgIpc) is 3.03. The number of amides is 1. The summed E-state index contributed by atoms with van der Waals surface area (Å²) in [4.78, 5) is 19.0. The number of hydrogen-bond donors (Lipinski definition) is 2. The molecule has 3 rings (SSSR count). The highest BCUT2D eigenvalue weighted by molar-refractivity contribution is 6.31. The monoisotopic (exact) mass is 349 g/mol. The number of aromatic nitrogens is 3. The van der Waals surface area contributed by atoms with Crippen molar-refractivity contribution < 1.29 is 9.53 Å². The van der Waals surface area contributed by atoms with Gasteiger partial charge in [0.05, 0.1) is 18.7 Å². The third-order valence-electron chi connectivity index (χ3n) is 3.84. The van der Waals surface area contributed by atoms with Gasteiger partial charge in [0.2, 0.25) is 0 Å². The number of morpholine rings is 1. The van der Waals surface area contributed by atoms with Crippen LogP contribution in [0.2, 0.25) is 5.02 Å². The first-order chi connectivity index (χ1) is 11.6. The smallest absolute Gasteiger partial charge is 0.256 e. The van der Waals surface area contributed by atoms with Crippen LogP contribution in [-0.4, -0.2) is 52.2 Å². The van der Waals surface area contributed by atoms with E-state index in [0.29, 0.717) is 36.1 Å². The molecule has 7 nitrogen and oxygen atoms in total. The van der Waals surface area contributed by atoms with Gasteiger partial charge in [0.25, 0.3) is 5.91 Å². The quantitative estimate of drug-likeness (QED) is 0.885. The van der Waals surface area contributed by atoms with Gasteiger partial charge in [-0.3, -0.25) is 9.89 Å². The second-order valence-corrected chi connectivity index (χ2v) is 6.05. The molecule has 1 saturated heterocycles. The molecule has 1 atom stereocenters. The van der Waals surface area contributed by atoms with Crippen LogP contribution >= 0.6 is 11.6 Å². The molecular formula is C16H20ClN5O2. The number of nitrogens with one attached hydrogen (secondary N) is 2. The molecule has 1 fully saturated rings. The van der Waals surface area contributed by atoms with Crippen molar-refractivity contribution in [2.45, 2.75) is 20.0 Å². The van der Waals surface area contributed by atoms with Crippen LogP contribution in [0.3, 0.4) is 0 Å². The Kier molecular flexibility index (Phi) is 5.01. The molecule has 0 unspecified atom stereocenters. The molecule has 1 aromatic heterocycles. The molecule has 1 aliphatic rings. The zero-order valence-corrected chi connectivity index (χ0v) is 14.4. The van der Waals surface area contributed by atoms with Gasteiger partial charge in [-0.05, 0) is 32.0 Å². The fourth-order valence-electron chi connectivity index (χ4n) is 2.70. The maximum atomic E-state index is 13.0. The van der Waals surface area contributed by atoms with E-state index in [1.807, 2.05) is 19.9 Å². The van der Waals surface area contributed by atoms with Crippen LogP contribution in [0.15, 0.2) is 18.2 Å². The number of rotatable bonds is 4. The lowest BCUT2D eigenvalue weighted by Gasteiger charge is -2.32. The minimum absolute atomic E-state index is 0.0750. The molecule has 128 valence electrons. The lowest BCUT2D eigenvalue weighted by Crippen LogP contribution is -2.42. The molecule has 0 aliphatic carbocycles. The van der Waals surface area contributed by atoms with Crippen molar-refractivity contribution in [1.29, 1.82) is 0 Å². The maximum Gasteiger partial charge on any atom is 0.256 e. The van der Waals surface area contributed by atoms with E-state index >= 15 is 0 Å². The Morgan fingerprint density at radius 1 is 1.54 bits per heavy atom. The Morgan fingerprint density at radius 2 is 2.38 bits per heavy atom. The van der Waals surface area contributed by atoms with Gasteiger partial charge in [-0.2, -0.15) is 5.10 Å². The van der Waals surface area contributed by atoms with E-state index in [1.54, 1.807) is 17.0 Å². The number of aryl methyl sites for hydroxylation is 1. The van der Waals surface area contributed by atoms with Crippen molar-refractivity contribution >= 4 is 23.2 Å². The summed E-state index contributed by atoms with van der Waals surface area (Å²) in [6.45, 7) is 5.92. The van der Waals surface area contributed by atoms with E-state index in [4.69, 9.17) is 16.3 Å². The van der Waals surface area contributed by atoms with Gasteiger partial charge in [-0.15, -0.1) is 0 Å². The second kappa shape index (κ2) is 7.19. The van der Waals surface area contributed by atoms with Crippen LogP contribution in [-0.2, 0) is 4.74 Å². The Bertz CT molecular complexity index is 733. The first-order valence-electron chi connectivity index (χ1n) is 7.91. The fraction of sp³-hybridized carbons (Fsp3) is 0.438. The molecule has 2 aromatic rings. The zero-order valence-electron chi connectivity index (χ0n) is 13.7. The van der Waals surface area contributed by atoms with Gasteiger partial charge in [-0.25, -0.2) is 4.98 Å². The van der Waals surface area contributed by atoms with Gasteiger partial charge in [-0.1, -0.05) is 11.6 Å². The fourth-order valence-corrected chi connectivity index (χ4v) is 2.87. The highest BCUT2D eigenvalue weighted by Gasteiger charge is 2.29.